The molecule has 1 aromatic rings. The quantitative estimate of drug-likeness (QED) is 0.540. The van der Waals surface area contributed by atoms with Crippen molar-refractivity contribution >= 4 is 0 Å². The van der Waals surface area contributed by atoms with Crippen LogP contribution in [0.1, 0.15) is 30.1 Å². The molecule has 0 aromatic heterocycles. The van der Waals surface area contributed by atoms with Crippen LogP contribution < -0.4 is 5.73 Å². The van der Waals surface area contributed by atoms with Gasteiger partial charge in [-0.15, -0.1) is 0 Å². The summed E-state index contributed by atoms with van der Waals surface area (Å²) in [6, 6.07) is 4.93. The van der Waals surface area contributed by atoms with Crippen molar-refractivity contribution in [1.29, 1.82) is 0 Å². The van der Waals surface area contributed by atoms with Gasteiger partial charge in [0.25, 0.3) is 0 Å². The molecule has 2 rings (SSSR count). The van der Waals surface area contributed by atoms with E-state index in [2.05, 4.69) is 0 Å². The summed E-state index contributed by atoms with van der Waals surface area (Å²) in [5.41, 5.74) is 7.70. The Morgan fingerprint density at radius 2 is 2.14 bits per heavy atom. The summed E-state index contributed by atoms with van der Waals surface area (Å²) in [6.07, 6.45) is 2.12. The Kier molecular flexibility index (Phi) is 2.44. The summed E-state index contributed by atoms with van der Waals surface area (Å²) < 4.78 is 0. The Morgan fingerprint density at radius 3 is 2.93 bits per heavy atom. The fraction of sp³-hybridized carbons (Fsp3) is 0.455. The minimum Gasteiger partial charge on any atom is -0.508 e. The van der Waals surface area contributed by atoms with Crippen LogP contribution >= 0.6 is 0 Å². The minimum absolute atomic E-state index is 0.192. The fourth-order valence-corrected chi connectivity index (χ4v) is 2.00. The van der Waals surface area contributed by atoms with Gasteiger partial charge < -0.3 is 15.9 Å². The predicted molar refractivity (Wildman–Crippen MR) is 54.0 cm³/mol. The van der Waals surface area contributed by atoms with Gasteiger partial charge in [0, 0.05) is 6.04 Å². The second-order valence-corrected chi connectivity index (χ2v) is 3.88. The molecular formula is C11H15NO2. The van der Waals surface area contributed by atoms with Crippen LogP contribution in [-0.2, 0) is 6.42 Å². The maximum atomic E-state index is 9.90. The predicted octanol–water partition coefficient (Wildman–Crippen LogP) is 1.09. The molecule has 0 amide bonds. The first-order valence-corrected chi connectivity index (χ1v) is 4.94. The molecular weight excluding hydrogens is 178 g/mol. The third kappa shape index (κ3) is 1.61. The third-order valence-electron chi connectivity index (χ3n) is 2.84. The summed E-state index contributed by atoms with van der Waals surface area (Å²) in [5.74, 6) is 0.192. The van der Waals surface area contributed by atoms with Crippen molar-refractivity contribution < 1.29 is 10.2 Å². The number of aliphatic hydroxyl groups excluding tert-OH is 1. The lowest BCUT2D eigenvalue weighted by Gasteiger charge is -2.17. The smallest absolute Gasteiger partial charge is 0.115 e. The summed E-state index contributed by atoms with van der Waals surface area (Å²) >= 11 is 0. The summed E-state index contributed by atoms with van der Waals surface area (Å²) in [7, 11) is 0. The highest BCUT2D eigenvalue weighted by Gasteiger charge is 2.23. The Balaban J connectivity index is 2.44. The van der Waals surface area contributed by atoms with E-state index in [4.69, 9.17) is 5.73 Å². The molecule has 76 valence electrons. The lowest BCUT2D eigenvalue weighted by Crippen LogP contribution is -2.27. The summed E-state index contributed by atoms with van der Waals surface area (Å²) in [4.78, 5) is 0. The second kappa shape index (κ2) is 3.59. The minimum atomic E-state index is -0.639. The third-order valence-corrected chi connectivity index (χ3v) is 2.84. The Bertz CT molecular complexity index is 338. The lowest BCUT2D eigenvalue weighted by molar-refractivity contribution is 0.144. The van der Waals surface area contributed by atoms with Crippen molar-refractivity contribution in [2.24, 2.45) is 5.73 Å². The van der Waals surface area contributed by atoms with E-state index < -0.39 is 6.10 Å². The molecule has 0 radical (unpaired) electrons. The van der Waals surface area contributed by atoms with Crippen molar-refractivity contribution in [1.82, 2.24) is 0 Å². The average molecular weight is 193 g/mol. The molecule has 1 aliphatic carbocycles. The number of hydrogen-bond donors (Lipinski definition) is 3. The molecule has 3 heteroatoms. The number of aliphatic hydroxyl groups is 1. The van der Waals surface area contributed by atoms with Gasteiger partial charge in [-0.3, -0.25) is 0 Å². The lowest BCUT2D eigenvalue weighted by atomic mass is 9.99. The summed E-state index contributed by atoms with van der Waals surface area (Å²) in [5, 5.41) is 19.2. The van der Waals surface area contributed by atoms with Crippen LogP contribution in [0.3, 0.4) is 0 Å². The summed E-state index contributed by atoms with van der Waals surface area (Å²) in [6.45, 7) is 0. The van der Waals surface area contributed by atoms with Crippen LogP contribution in [0.4, 0.5) is 0 Å². The zero-order valence-corrected chi connectivity index (χ0v) is 7.98. The second-order valence-electron chi connectivity index (χ2n) is 3.88. The fourth-order valence-electron chi connectivity index (χ4n) is 2.00. The van der Waals surface area contributed by atoms with Crippen LogP contribution in [0.2, 0.25) is 0 Å². The van der Waals surface area contributed by atoms with E-state index in [1.807, 2.05) is 6.07 Å². The topological polar surface area (TPSA) is 66.5 Å². The number of fused-ring (bicyclic) bond motifs is 1. The van der Waals surface area contributed by atoms with Gasteiger partial charge in [0.2, 0.25) is 0 Å². The normalized spacial score (nSPS) is 26.7. The van der Waals surface area contributed by atoms with Crippen molar-refractivity contribution in [3.8, 4) is 5.75 Å². The zero-order valence-electron chi connectivity index (χ0n) is 7.98. The Labute approximate surface area is 83.2 Å². The molecule has 2 atom stereocenters. The van der Waals surface area contributed by atoms with Gasteiger partial charge in [-0.2, -0.15) is 0 Å². The molecule has 14 heavy (non-hydrogen) atoms. The largest absolute Gasteiger partial charge is 0.508 e. The number of rotatable bonds is 0. The van der Waals surface area contributed by atoms with E-state index in [0.29, 0.717) is 0 Å². The SMILES string of the molecule is N[C@@H]1CCCc2ccc(O)cc2[C@@H]1O. The maximum Gasteiger partial charge on any atom is 0.115 e. The van der Waals surface area contributed by atoms with E-state index in [-0.39, 0.29) is 11.8 Å². The van der Waals surface area contributed by atoms with Gasteiger partial charge in [-0.25, -0.2) is 0 Å². The molecule has 0 aliphatic heterocycles. The molecule has 0 saturated carbocycles. The molecule has 4 N–H and O–H groups in total. The van der Waals surface area contributed by atoms with E-state index in [1.165, 1.54) is 0 Å². The van der Waals surface area contributed by atoms with Crippen molar-refractivity contribution in [2.45, 2.75) is 31.4 Å². The van der Waals surface area contributed by atoms with Crippen molar-refractivity contribution in [3.63, 3.8) is 0 Å². The van der Waals surface area contributed by atoms with E-state index in [1.54, 1.807) is 12.1 Å². The van der Waals surface area contributed by atoms with Gasteiger partial charge in [0.1, 0.15) is 5.75 Å². The molecule has 1 aromatic carbocycles. The monoisotopic (exact) mass is 193 g/mol. The van der Waals surface area contributed by atoms with E-state index in [9.17, 15) is 10.2 Å². The van der Waals surface area contributed by atoms with Crippen LogP contribution in [0.5, 0.6) is 5.75 Å². The van der Waals surface area contributed by atoms with Gasteiger partial charge in [-0.05, 0) is 42.5 Å². The van der Waals surface area contributed by atoms with Gasteiger partial charge in [0.15, 0.2) is 0 Å². The number of hydrogen-bond acceptors (Lipinski definition) is 3. The zero-order chi connectivity index (χ0) is 10.1. The van der Waals surface area contributed by atoms with Crippen LogP contribution in [0, 0.1) is 0 Å². The molecule has 0 bridgehead atoms. The van der Waals surface area contributed by atoms with E-state index in [0.717, 1.165) is 30.4 Å². The van der Waals surface area contributed by atoms with Crippen LogP contribution in [-0.4, -0.2) is 16.3 Å². The highest BCUT2D eigenvalue weighted by atomic mass is 16.3. The molecule has 3 nitrogen and oxygen atoms in total. The van der Waals surface area contributed by atoms with Crippen LogP contribution in [0.25, 0.3) is 0 Å². The number of nitrogens with two attached hydrogens (primary N) is 1. The highest BCUT2D eigenvalue weighted by molar-refractivity contribution is 5.37. The Morgan fingerprint density at radius 1 is 1.36 bits per heavy atom. The number of phenols is 1. The number of aromatic hydroxyl groups is 1. The van der Waals surface area contributed by atoms with Gasteiger partial charge in [-0.1, -0.05) is 6.07 Å². The van der Waals surface area contributed by atoms with E-state index >= 15 is 0 Å². The first-order valence-electron chi connectivity index (χ1n) is 4.94. The first kappa shape index (κ1) is 9.49. The molecule has 0 saturated heterocycles. The van der Waals surface area contributed by atoms with Gasteiger partial charge >= 0.3 is 0 Å². The molecule has 0 unspecified atom stereocenters. The van der Waals surface area contributed by atoms with Gasteiger partial charge in [0.05, 0.1) is 6.10 Å². The Hall–Kier alpha value is -1.06. The highest BCUT2D eigenvalue weighted by Crippen LogP contribution is 2.30. The molecule has 0 spiro atoms. The average Bonchev–Trinajstić information content (AvgIpc) is 2.30. The molecule has 0 fully saturated rings. The molecule has 1 aliphatic rings. The van der Waals surface area contributed by atoms with Crippen molar-refractivity contribution in [2.75, 3.05) is 0 Å². The number of aryl methyl sites for hydroxylation is 1. The van der Waals surface area contributed by atoms with Crippen LogP contribution in [0.15, 0.2) is 18.2 Å². The van der Waals surface area contributed by atoms with Crippen molar-refractivity contribution in [3.05, 3.63) is 29.3 Å². The maximum absolute atomic E-state index is 9.90. The number of benzene rings is 1. The molecule has 0 heterocycles. The standard InChI is InChI=1S/C11H15NO2/c12-10-3-1-2-7-4-5-8(13)6-9(7)11(10)14/h4-6,10-11,13-14H,1-3,12H2/t10-,11+/m1/s1. The number of phenolic OH excluding ortho intramolecular Hbond substituents is 1. The first-order chi connectivity index (χ1) is 6.68.